The molecule has 1 amide bonds. The molecule has 0 aliphatic heterocycles. The van der Waals surface area contributed by atoms with E-state index in [1.165, 1.54) is 23.9 Å². The lowest BCUT2D eigenvalue weighted by Crippen LogP contribution is -2.12. The molecule has 5 nitrogen and oxygen atoms in total. The average molecular weight is 357 g/mol. The molecule has 7 heteroatoms. The first-order valence-corrected chi connectivity index (χ1v) is 8.67. The molecule has 3 aromatic rings. The van der Waals surface area contributed by atoms with Crippen LogP contribution in [0.5, 0.6) is 0 Å². The van der Waals surface area contributed by atoms with Crippen molar-refractivity contribution in [2.24, 2.45) is 0 Å². The first-order valence-electron chi connectivity index (χ1n) is 7.69. The maximum Gasteiger partial charge on any atom is 0.322 e. The minimum atomic E-state index is -0.275. The quantitative estimate of drug-likeness (QED) is 0.666. The fraction of sp³-hybridized carbons (Fsp3) is 0.167. The van der Waals surface area contributed by atoms with E-state index in [0.29, 0.717) is 11.6 Å². The molecule has 0 atom stereocenters. The van der Waals surface area contributed by atoms with Crippen molar-refractivity contribution in [1.82, 2.24) is 10.2 Å². The van der Waals surface area contributed by atoms with Gasteiger partial charge in [-0.25, -0.2) is 4.39 Å². The highest BCUT2D eigenvalue weighted by molar-refractivity contribution is 7.99. The molecule has 0 spiro atoms. The van der Waals surface area contributed by atoms with Gasteiger partial charge in [0.05, 0.1) is 0 Å². The molecule has 0 unspecified atom stereocenters. The van der Waals surface area contributed by atoms with Crippen LogP contribution in [0, 0.1) is 12.7 Å². The number of benzene rings is 2. The van der Waals surface area contributed by atoms with Crippen LogP contribution in [0.2, 0.25) is 0 Å². The Morgan fingerprint density at radius 1 is 1.12 bits per heavy atom. The minimum Gasteiger partial charge on any atom is -0.403 e. The maximum atomic E-state index is 12.8. The van der Waals surface area contributed by atoms with Crippen LogP contribution in [-0.4, -0.2) is 21.9 Å². The summed E-state index contributed by atoms with van der Waals surface area (Å²) in [5.74, 6) is 0.434. The number of amides is 1. The van der Waals surface area contributed by atoms with E-state index in [2.05, 4.69) is 15.5 Å². The third-order valence-electron chi connectivity index (χ3n) is 3.38. The third kappa shape index (κ3) is 4.90. The zero-order chi connectivity index (χ0) is 17.6. The number of aryl methyl sites for hydroxylation is 1. The molecule has 1 N–H and O–H groups in total. The maximum absolute atomic E-state index is 12.8. The van der Waals surface area contributed by atoms with Crippen molar-refractivity contribution in [2.75, 3.05) is 11.1 Å². The summed E-state index contributed by atoms with van der Waals surface area (Å²) in [6, 6.07) is 13.9. The lowest BCUT2D eigenvalue weighted by atomic mass is 10.1. The predicted octanol–water partition coefficient (Wildman–Crippen LogP) is 4.31. The molecule has 1 aromatic heterocycles. The molecule has 0 radical (unpaired) electrons. The lowest BCUT2D eigenvalue weighted by Gasteiger charge is -2.02. The number of nitrogens with one attached hydrogen (secondary N) is 1. The van der Waals surface area contributed by atoms with Crippen molar-refractivity contribution in [3.8, 4) is 11.5 Å². The number of anilines is 1. The van der Waals surface area contributed by atoms with Gasteiger partial charge in [-0.2, -0.15) is 0 Å². The Morgan fingerprint density at radius 3 is 2.56 bits per heavy atom. The monoisotopic (exact) mass is 357 g/mol. The van der Waals surface area contributed by atoms with E-state index in [4.69, 9.17) is 4.42 Å². The largest absolute Gasteiger partial charge is 0.403 e. The molecule has 3 rings (SSSR count). The fourth-order valence-corrected chi connectivity index (χ4v) is 2.91. The summed E-state index contributed by atoms with van der Waals surface area (Å²) in [6.45, 7) is 1.99. The van der Waals surface area contributed by atoms with Crippen molar-refractivity contribution in [2.45, 2.75) is 18.2 Å². The SMILES string of the molecule is Cc1ccc(-c2nnc(NC(=O)CCSc3ccc(F)cc3)o2)cc1. The average Bonchev–Trinajstić information content (AvgIpc) is 3.06. The highest BCUT2D eigenvalue weighted by atomic mass is 32.2. The molecule has 0 fully saturated rings. The van der Waals surface area contributed by atoms with Crippen LogP contribution in [0.3, 0.4) is 0 Å². The van der Waals surface area contributed by atoms with Crippen LogP contribution in [0.4, 0.5) is 10.4 Å². The van der Waals surface area contributed by atoms with Gasteiger partial charge in [-0.1, -0.05) is 22.8 Å². The predicted molar refractivity (Wildman–Crippen MR) is 94.8 cm³/mol. The first-order chi connectivity index (χ1) is 12.1. The summed E-state index contributed by atoms with van der Waals surface area (Å²) < 4.78 is 18.3. The van der Waals surface area contributed by atoms with Gasteiger partial charge in [-0.3, -0.25) is 10.1 Å². The van der Waals surface area contributed by atoms with Crippen LogP contribution >= 0.6 is 11.8 Å². The summed E-state index contributed by atoms with van der Waals surface area (Å²) in [5.41, 5.74) is 1.93. The number of rotatable bonds is 6. The Balaban J connectivity index is 1.49. The van der Waals surface area contributed by atoms with Crippen LogP contribution in [0.1, 0.15) is 12.0 Å². The molecular formula is C18H16FN3O2S. The Bertz CT molecular complexity index is 848. The van der Waals surface area contributed by atoms with E-state index in [0.717, 1.165) is 16.0 Å². The number of hydrogen-bond donors (Lipinski definition) is 1. The summed E-state index contributed by atoms with van der Waals surface area (Å²) in [5, 5.41) is 10.4. The van der Waals surface area contributed by atoms with E-state index < -0.39 is 0 Å². The molecule has 0 aliphatic carbocycles. The Kier molecular flexibility index (Phi) is 5.45. The van der Waals surface area contributed by atoms with Gasteiger partial charge in [0.25, 0.3) is 0 Å². The highest BCUT2D eigenvalue weighted by Gasteiger charge is 2.11. The van der Waals surface area contributed by atoms with Gasteiger partial charge in [0, 0.05) is 22.6 Å². The highest BCUT2D eigenvalue weighted by Crippen LogP contribution is 2.21. The van der Waals surface area contributed by atoms with Gasteiger partial charge >= 0.3 is 6.01 Å². The van der Waals surface area contributed by atoms with E-state index in [1.54, 1.807) is 12.1 Å². The second kappa shape index (κ2) is 7.94. The van der Waals surface area contributed by atoms with Gasteiger partial charge in [0.1, 0.15) is 5.82 Å². The number of carbonyl (C=O) groups is 1. The van der Waals surface area contributed by atoms with Gasteiger partial charge in [-0.05, 0) is 43.3 Å². The second-order valence-corrected chi connectivity index (χ2v) is 6.55. The normalized spacial score (nSPS) is 10.6. The number of thioether (sulfide) groups is 1. The van der Waals surface area contributed by atoms with Crippen LogP contribution in [0.15, 0.2) is 57.8 Å². The number of aromatic nitrogens is 2. The van der Waals surface area contributed by atoms with Crippen LogP contribution < -0.4 is 5.32 Å². The molecular weight excluding hydrogens is 341 g/mol. The molecule has 1 heterocycles. The van der Waals surface area contributed by atoms with Crippen LogP contribution in [-0.2, 0) is 4.79 Å². The van der Waals surface area contributed by atoms with Crippen molar-refractivity contribution in [3.63, 3.8) is 0 Å². The van der Waals surface area contributed by atoms with Crippen molar-refractivity contribution in [3.05, 3.63) is 59.9 Å². The number of carbonyl (C=O) groups excluding carboxylic acids is 1. The van der Waals surface area contributed by atoms with Crippen molar-refractivity contribution in [1.29, 1.82) is 0 Å². The zero-order valence-electron chi connectivity index (χ0n) is 13.5. The summed E-state index contributed by atoms with van der Waals surface area (Å²) >= 11 is 1.48. The molecule has 0 saturated carbocycles. The second-order valence-electron chi connectivity index (χ2n) is 5.38. The Morgan fingerprint density at radius 2 is 1.84 bits per heavy atom. The molecule has 0 saturated heterocycles. The summed E-state index contributed by atoms with van der Waals surface area (Å²) in [4.78, 5) is 12.8. The van der Waals surface area contributed by atoms with Crippen molar-refractivity contribution >= 4 is 23.7 Å². The van der Waals surface area contributed by atoms with Gasteiger partial charge < -0.3 is 4.42 Å². The van der Waals surface area contributed by atoms with Gasteiger partial charge in [-0.15, -0.1) is 16.9 Å². The standard InChI is InChI=1S/C18H16FN3O2S/c1-12-2-4-13(5-3-12)17-21-22-18(24-17)20-16(23)10-11-25-15-8-6-14(19)7-9-15/h2-9H,10-11H2,1H3,(H,20,22,23). The van der Waals surface area contributed by atoms with Crippen LogP contribution in [0.25, 0.3) is 11.5 Å². The number of nitrogens with zero attached hydrogens (tertiary/aromatic N) is 2. The first kappa shape index (κ1) is 17.2. The molecule has 2 aromatic carbocycles. The van der Waals surface area contributed by atoms with E-state index >= 15 is 0 Å². The van der Waals surface area contributed by atoms with Gasteiger partial charge in [0.2, 0.25) is 11.8 Å². The smallest absolute Gasteiger partial charge is 0.322 e. The van der Waals surface area contributed by atoms with E-state index in [1.807, 2.05) is 31.2 Å². The number of halogens is 1. The molecule has 128 valence electrons. The minimum absolute atomic E-state index is 0.0763. The van der Waals surface area contributed by atoms with Crippen molar-refractivity contribution < 1.29 is 13.6 Å². The number of hydrogen-bond acceptors (Lipinski definition) is 5. The van der Waals surface area contributed by atoms with Gasteiger partial charge in [0.15, 0.2) is 0 Å². The molecule has 0 bridgehead atoms. The molecule has 25 heavy (non-hydrogen) atoms. The zero-order valence-corrected chi connectivity index (χ0v) is 14.3. The van der Waals surface area contributed by atoms with E-state index in [-0.39, 0.29) is 24.2 Å². The Labute approximate surface area is 148 Å². The summed E-state index contributed by atoms with van der Waals surface area (Å²) in [6.07, 6.45) is 0.282. The topological polar surface area (TPSA) is 68.0 Å². The summed E-state index contributed by atoms with van der Waals surface area (Å²) in [7, 11) is 0. The van der Waals surface area contributed by atoms with E-state index in [9.17, 15) is 9.18 Å². The Hall–Kier alpha value is -2.67. The lowest BCUT2D eigenvalue weighted by molar-refractivity contribution is -0.115. The fourth-order valence-electron chi connectivity index (χ4n) is 2.06. The third-order valence-corrected chi connectivity index (χ3v) is 4.40. The molecule has 0 aliphatic rings.